The fourth-order valence-corrected chi connectivity index (χ4v) is 4.17. The molecule has 1 aliphatic heterocycles. The van der Waals surface area contributed by atoms with E-state index in [1.165, 1.54) is 29.2 Å². The van der Waals surface area contributed by atoms with Gasteiger partial charge in [0.1, 0.15) is 5.51 Å². The van der Waals surface area contributed by atoms with Crippen LogP contribution in [-0.4, -0.2) is 47.7 Å². The highest BCUT2D eigenvalue weighted by Crippen LogP contribution is 2.36. The van der Waals surface area contributed by atoms with Crippen molar-refractivity contribution < 1.29 is 22.7 Å². The number of alkyl halides is 3. The molecule has 1 atom stereocenters. The first-order valence-electron chi connectivity index (χ1n) is 8.12. The minimum absolute atomic E-state index is 0.140. The second kappa shape index (κ2) is 8.44. The van der Waals surface area contributed by atoms with Crippen molar-refractivity contribution in [1.29, 1.82) is 0 Å². The van der Waals surface area contributed by atoms with Crippen LogP contribution >= 0.6 is 23.1 Å². The molecule has 11 heteroatoms. The maximum atomic E-state index is 13.1. The molecular formula is C16H17F3N4O2S2. The first-order valence-corrected chi connectivity index (χ1v) is 9.88. The van der Waals surface area contributed by atoms with Gasteiger partial charge in [-0.05, 0) is 25.1 Å². The normalized spacial score (nSPS) is 16.2. The largest absolute Gasteiger partial charge is 0.416 e. The second-order valence-electron chi connectivity index (χ2n) is 5.78. The first kappa shape index (κ1) is 19.9. The first-order chi connectivity index (χ1) is 12.8. The predicted molar refractivity (Wildman–Crippen MR) is 98.3 cm³/mol. The van der Waals surface area contributed by atoms with Crippen LogP contribution in [0, 0.1) is 0 Å². The van der Waals surface area contributed by atoms with E-state index in [0.717, 1.165) is 12.1 Å². The van der Waals surface area contributed by atoms with Crippen molar-refractivity contribution in [1.82, 2.24) is 10.2 Å². The van der Waals surface area contributed by atoms with Gasteiger partial charge < -0.3 is 15.0 Å². The van der Waals surface area contributed by atoms with Gasteiger partial charge in [0.05, 0.1) is 35.4 Å². The Hall–Kier alpha value is -1.85. The van der Waals surface area contributed by atoms with E-state index in [-0.39, 0.29) is 5.69 Å². The zero-order valence-corrected chi connectivity index (χ0v) is 16.0. The Kier molecular flexibility index (Phi) is 6.22. The van der Waals surface area contributed by atoms with E-state index >= 15 is 0 Å². The predicted octanol–water partition coefficient (Wildman–Crippen LogP) is 3.51. The number of benzene rings is 1. The topological polar surface area (TPSA) is 67.4 Å². The van der Waals surface area contributed by atoms with Gasteiger partial charge in [0.15, 0.2) is 4.34 Å². The zero-order valence-electron chi connectivity index (χ0n) is 14.3. The molecule has 1 amide bonds. The van der Waals surface area contributed by atoms with Gasteiger partial charge in [-0.2, -0.15) is 13.2 Å². The highest BCUT2D eigenvalue weighted by Gasteiger charge is 2.32. The molecule has 0 saturated carbocycles. The van der Waals surface area contributed by atoms with Crippen LogP contribution in [0.3, 0.4) is 0 Å². The molecule has 146 valence electrons. The molecule has 0 radical (unpaired) electrons. The Morgan fingerprint density at radius 2 is 2.11 bits per heavy atom. The lowest BCUT2D eigenvalue weighted by molar-refractivity contribution is -0.137. The summed E-state index contributed by atoms with van der Waals surface area (Å²) >= 11 is 2.50. The number of rotatable bonds is 5. The van der Waals surface area contributed by atoms with Crippen LogP contribution in [0.1, 0.15) is 12.5 Å². The molecule has 3 rings (SSSR count). The molecule has 0 aliphatic carbocycles. The molecule has 1 fully saturated rings. The number of halogens is 3. The molecule has 2 aromatic rings. The van der Waals surface area contributed by atoms with Crippen molar-refractivity contribution in [2.45, 2.75) is 22.7 Å². The Labute approximate surface area is 162 Å². The Morgan fingerprint density at radius 1 is 1.37 bits per heavy atom. The van der Waals surface area contributed by atoms with Crippen LogP contribution in [-0.2, 0) is 15.7 Å². The van der Waals surface area contributed by atoms with Gasteiger partial charge >= 0.3 is 6.18 Å². The lowest BCUT2D eigenvalue weighted by Gasteiger charge is -2.31. The lowest BCUT2D eigenvalue weighted by Crippen LogP contribution is -2.37. The van der Waals surface area contributed by atoms with Gasteiger partial charge in [-0.3, -0.25) is 4.79 Å². The van der Waals surface area contributed by atoms with Gasteiger partial charge in [0.25, 0.3) is 0 Å². The standard InChI is InChI=1S/C16H17F3N4O2S2/c1-10(27-15-22-20-9-26-15)14(24)21-12-8-11(16(17,18)19)2-3-13(12)23-4-6-25-7-5-23/h2-3,8-10H,4-7H2,1H3,(H,21,24). The Balaban J connectivity index is 1.82. The molecule has 0 bridgehead atoms. The van der Waals surface area contributed by atoms with Gasteiger partial charge in [-0.25, -0.2) is 0 Å². The highest BCUT2D eigenvalue weighted by atomic mass is 32.2. The number of aromatic nitrogens is 2. The maximum absolute atomic E-state index is 13.1. The summed E-state index contributed by atoms with van der Waals surface area (Å²) in [6, 6.07) is 3.40. The molecule has 1 aromatic heterocycles. The van der Waals surface area contributed by atoms with E-state index in [1.807, 2.05) is 4.90 Å². The minimum Gasteiger partial charge on any atom is -0.378 e. The third kappa shape index (κ3) is 5.11. The smallest absolute Gasteiger partial charge is 0.378 e. The van der Waals surface area contributed by atoms with Crippen molar-refractivity contribution in [2.75, 3.05) is 36.5 Å². The van der Waals surface area contributed by atoms with Crippen LogP contribution < -0.4 is 10.2 Å². The van der Waals surface area contributed by atoms with Crippen molar-refractivity contribution in [3.63, 3.8) is 0 Å². The molecular weight excluding hydrogens is 401 g/mol. The summed E-state index contributed by atoms with van der Waals surface area (Å²) in [5.41, 5.74) is 1.43. The van der Waals surface area contributed by atoms with Crippen molar-refractivity contribution in [3.8, 4) is 0 Å². The number of nitrogens with one attached hydrogen (secondary N) is 1. The number of carbonyl (C=O) groups is 1. The summed E-state index contributed by atoms with van der Waals surface area (Å²) in [4.78, 5) is 14.4. The van der Waals surface area contributed by atoms with Crippen molar-refractivity contribution in [3.05, 3.63) is 29.3 Å². The van der Waals surface area contributed by atoms with Gasteiger partial charge in [-0.1, -0.05) is 23.1 Å². The van der Waals surface area contributed by atoms with E-state index < -0.39 is 22.9 Å². The van der Waals surface area contributed by atoms with Crippen LogP contribution in [0.15, 0.2) is 28.0 Å². The third-order valence-corrected chi connectivity index (χ3v) is 5.83. The zero-order chi connectivity index (χ0) is 19.4. The number of carbonyl (C=O) groups excluding carboxylic acids is 1. The summed E-state index contributed by atoms with van der Waals surface area (Å²) in [7, 11) is 0. The Morgan fingerprint density at radius 3 is 2.74 bits per heavy atom. The summed E-state index contributed by atoms with van der Waals surface area (Å²) < 4.78 is 45.3. The van der Waals surface area contributed by atoms with E-state index in [4.69, 9.17) is 4.74 Å². The van der Waals surface area contributed by atoms with E-state index in [1.54, 1.807) is 12.4 Å². The number of nitrogens with zero attached hydrogens (tertiary/aromatic N) is 3. The van der Waals surface area contributed by atoms with Crippen LogP contribution in [0.25, 0.3) is 0 Å². The number of ether oxygens (including phenoxy) is 1. The van der Waals surface area contributed by atoms with Crippen molar-refractivity contribution >= 4 is 40.4 Å². The highest BCUT2D eigenvalue weighted by molar-refractivity contribution is 8.02. The Bertz CT molecular complexity index is 780. The molecule has 1 saturated heterocycles. The molecule has 1 aliphatic rings. The molecule has 1 N–H and O–H groups in total. The number of morpholine rings is 1. The van der Waals surface area contributed by atoms with Crippen LogP contribution in [0.4, 0.5) is 24.5 Å². The molecule has 1 unspecified atom stereocenters. The number of thioether (sulfide) groups is 1. The summed E-state index contributed by atoms with van der Waals surface area (Å²) in [6.45, 7) is 3.73. The second-order valence-corrected chi connectivity index (χ2v) is 8.20. The van der Waals surface area contributed by atoms with E-state index in [9.17, 15) is 18.0 Å². The SMILES string of the molecule is CC(Sc1nncs1)C(=O)Nc1cc(C(F)(F)F)ccc1N1CCOCC1. The molecule has 2 heterocycles. The quantitative estimate of drug-likeness (QED) is 0.750. The maximum Gasteiger partial charge on any atom is 0.416 e. The van der Waals surface area contributed by atoms with Gasteiger partial charge in [0, 0.05) is 13.1 Å². The average molecular weight is 418 g/mol. The number of amides is 1. The number of hydrogen-bond acceptors (Lipinski definition) is 7. The number of anilines is 2. The van der Waals surface area contributed by atoms with E-state index in [2.05, 4.69) is 15.5 Å². The van der Waals surface area contributed by atoms with E-state index in [0.29, 0.717) is 36.3 Å². The fourth-order valence-electron chi connectivity index (χ4n) is 2.55. The minimum atomic E-state index is -4.49. The monoisotopic (exact) mass is 418 g/mol. The van der Waals surface area contributed by atoms with Crippen molar-refractivity contribution in [2.24, 2.45) is 0 Å². The molecule has 6 nitrogen and oxygen atoms in total. The summed E-state index contributed by atoms with van der Waals surface area (Å²) in [5, 5.41) is 9.68. The molecule has 27 heavy (non-hydrogen) atoms. The third-order valence-electron chi connectivity index (χ3n) is 3.92. The summed E-state index contributed by atoms with van der Waals surface area (Å²) in [5.74, 6) is -0.399. The molecule has 0 spiro atoms. The van der Waals surface area contributed by atoms with Gasteiger partial charge in [0.2, 0.25) is 5.91 Å². The van der Waals surface area contributed by atoms with Crippen LogP contribution in [0.2, 0.25) is 0 Å². The molecule has 1 aromatic carbocycles. The number of hydrogen-bond donors (Lipinski definition) is 1. The summed E-state index contributed by atoms with van der Waals surface area (Å²) in [6.07, 6.45) is -4.49. The average Bonchev–Trinajstić information content (AvgIpc) is 3.14. The fraction of sp³-hybridized carbons (Fsp3) is 0.438. The van der Waals surface area contributed by atoms with Gasteiger partial charge in [-0.15, -0.1) is 10.2 Å². The lowest BCUT2D eigenvalue weighted by atomic mass is 10.1. The van der Waals surface area contributed by atoms with Crippen LogP contribution in [0.5, 0.6) is 0 Å².